The first kappa shape index (κ1) is 22.8. The summed E-state index contributed by atoms with van der Waals surface area (Å²) < 4.78 is 11.7. The second kappa shape index (κ2) is 12.1. The van der Waals surface area contributed by atoms with E-state index in [9.17, 15) is 4.79 Å². The summed E-state index contributed by atoms with van der Waals surface area (Å²) in [6, 6.07) is 25.1. The summed E-state index contributed by atoms with van der Waals surface area (Å²) >= 11 is 0. The molecule has 7 nitrogen and oxygen atoms in total. The van der Waals surface area contributed by atoms with E-state index in [1.54, 1.807) is 0 Å². The molecule has 0 aromatic heterocycles. The van der Waals surface area contributed by atoms with Crippen LogP contribution in [0, 0.1) is 0 Å². The first-order valence-electron chi connectivity index (χ1n) is 10.2. The van der Waals surface area contributed by atoms with Gasteiger partial charge >= 0.3 is 5.97 Å². The third-order valence-electron chi connectivity index (χ3n) is 4.69. The second-order valence-electron chi connectivity index (χ2n) is 6.94. The van der Waals surface area contributed by atoms with Crippen LogP contribution in [0.3, 0.4) is 0 Å². The van der Waals surface area contributed by atoms with E-state index in [2.05, 4.69) is 9.99 Å². The van der Waals surface area contributed by atoms with E-state index < -0.39 is 5.97 Å². The Labute approximate surface area is 187 Å². The summed E-state index contributed by atoms with van der Waals surface area (Å²) in [6.07, 6.45) is 0.814. The van der Waals surface area contributed by atoms with Gasteiger partial charge in [-0.05, 0) is 41.8 Å². The van der Waals surface area contributed by atoms with Crippen molar-refractivity contribution in [1.29, 1.82) is 0 Å². The van der Waals surface area contributed by atoms with Crippen molar-refractivity contribution >= 4 is 11.7 Å². The lowest BCUT2D eigenvalue weighted by atomic mass is 10.1. The molecular formula is C25H26N2O5. The zero-order valence-electron chi connectivity index (χ0n) is 17.9. The lowest BCUT2D eigenvalue weighted by molar-refractivity contribution is -0.144. The van der Waals surface area contributed by atoms with Gasteiger partial charge in [0.05, 0.1) is 6.42 Å². The number of hydrogen-bond donors (Lipinski definition) is 1. The van der Waals surface area contributed by atoms with Crippen LogP contribution in [0.25, 0.3) is 0 Å². The van der Waals surface area contributed by atoms with Crippen molar-refractivity contribution < 1.29 is 23.9 Å². The Morgan fingerprint density at radius 1 is 0.844 bits per heavy atom. The van der Waals surface area contributed by atoms with Crippen molar-refractivity contribution in [2.24, 2.45) is 11.1 Å². The second-order valence-corrected chi connectivity index (χ2v) is 6.94. The fourth-order valence-electron chi connectivity index (χ4n) is 2.96. The summed E-state index contributed by atoms with van der Waals surface area (Å²) in [5.74, 6) is 5.89. The van der Waals surface area contributed by atoms with Crippen LogP contribution in [0.15, 0.2) is 84.0 Å². The highest BCUT2D eigenvalue weighted by molar-refractivity contribution is 6.01. The molecule has 166 valence electrons. The largest absolute Gasteiger partial charge is 0.489 e. The molecule has 32 heavy (non-hydrogen) atoms. The highest BCUT2D eigenvalue weighted by Gasteiger charge is 2.06. The van der Waals surface area contributed by atoms with Crippen molar-refractivity contribution in [2.75, 3.05) is 13.7 Å². The van der Waals surface area contributed by atoms with Gasteiger partial charge in [0.2, 0.25) is 0 Å². The Morgan fingerprint density at radius 3 is 2.09 bits per heavy atom. The van der Waals surface area contributed by atoms with Gasteiger partial charge in [0.15, 0.2) is 0 Å². The van der Waals surface area contributed by atoms with E-state index >= 15 is 0 Å². The third-order valence-corrected chi connectivity index (χ3v) is 4.69. The molecular weight excluding hydrogens is 408 g/mol. The van der Waals surface area contributed by atoms with Gasteiger partial charge in [0.1, 0.15) is 37.5 Å². The quantitative estimate of drug-likeness (QED) is 0.362. The number of carbonyl (C=O) groups excluding carboxylic acids is 1. The van der Waals surface area contributed by atoms with Gasteiger partial charge in [-0.15, -0.1) is 0 Å². The number of hydrogen-bond acceptors (Lipinski definition) is 7. The van der Waals surface area contributed by atoms with Crippen molar-refractivity contribution in [2.45, 2.75) is 19.4 Å². The van der Waals surface area contributed by atoms with Crippen LogP contribution in [0.1, 0.15) is 23.1 Å². The first-order chi connectivity index (χ1) is 15.7. The molecule has 0 unspecified atom stereocenters. The summed E-state index contributed by atoms with van der Waals surface area (Å²) in [6.45, 7) is 0.725. The molecule has 3 aromatic rings. The number of benzene rings is 3. The smallest absolute Gasteiger partial charge is 0.324 e. The number of nitrogens with two attached hydrogens (primary N) is 1. The van der Waals surface area contributed by atoms with Gasteiger partial charge in [0, 0.05) is 5.56 Å². The molecule has 0 radical (unpaired) electrons. The highest BCUT2D eigenvalue weighted by atomic mass is 16.7. The molecule has 0 bridgehead atoms. The van der Waals surface area contributed by atoms with E-state index in [4.69, 9.17) is 20.2 Å². The fourth-order valence-corrected chi connectivity index (χ4v) is 2.96. The van der Waals surface area contributed by atoms with Gasteiger partial charge in [-0.25, -0.2) is 0 Å². The standard InChI is InChI=1S/C25H26N2O5/c1-29-27-24(21-5-3-2-4-6-21)18-31-23-14-9-20(10-15-23)17-30-22-12-7-19(8-13-22)11-16-25(28)32-26/h2-10,12-15H,11,16-18,26H2,1H3/b27-24+. The Hall–Kier alpha value is -3.84. The first-order valence-corrected chi connectivity index (χ1v) is 10.2. The van der Waals surface area contributed by atoms with Crippen molar-refractivity contribution in [3.63, 3.8) is 0 Å². The van der Waals surface area contributed by atoms with Crippen LogP contribution in [-0.4, -0.2) is 25.4 Å². The van der Waals surface area contributed by atoms with Gasteiger partial charge in [0.25, 0.3) is 0 Å². The Kier molecular flexibility index (Phi) is 8.65. The molecule has 0 saturated heterocycles. The van der Waals surface area contributed by atoms with Gasteiger partial charge < -0.3 is 19.1 Å². The normalized spacial score (nSPS) is 11.0. The maximum atomic E-state index is 11.1. The van der Waals surface area contributed by atoms with E-state index in [0.29, 0.717) is 25.3 Å². The Balaban J connectivity index is 1.48. The van der Waals surface area contributed by atoms with Crippen LogP contribution in [0.4, 0.5) is 0 Å². The Bertz CT molecular complexity index is 1000. The summed E-state index contributed by atoms with van der Waals surface area (Å²) in [7, 11) is 1.52. The zero-order valence-corrected chi connectivity index (χ0v) is 17.9. The summed E-state index contributed by atoms with van der Waals surface area (Å²) in [5.41, 5.74) is 3.69. The molecule has 0 saturated carbocycles. The van der Waals surface area contributed by atoms with E-state index in [1.807, 2.05) is 78.9 Å². The molecule has 2 N–H and O–H groups in total. The minimum atomic E-state index is -0.431. The highest BCUT2D eigenvalue weighted by Crippen LogP contribution is 2.18. The Morgan fingerprint density at radius 2 is 1.47 bits per heavy atom. The molecule has 0 atom stereocenters. The minimum Gasteiger partial charge on any atom is -0.489 e. The number of carbonyl (C=O) groups is 1. The zero-order chi connectivity index (χ0) is 22.6. The monoisotopic (exact) mass is 434 g/mol. The maximum Gasteiger partial charge on any atom is 0.324 e. The summed E-state index contributed by atoms with van der Waals surface area (Å²) in [5, 5.41) is 4.06. The van der Waals surface area contributed by atoms with Crippen LogP contribution in [-0.2, 0) is 27.5 Å². The van der Waals surface area contributed by atoms with Gasteiger partial charge in [-0.1, -0.05) is 59.8 Å². The predicted octanol–water partition coefficient (Wildman–Crippen LogP) is 4.04. The number of nitrogens with zero attached hydrogens (tertiary/aromatic N) is 1. The van der Waals surface area contributed by atoms with Crippen LogP contribution in [0.2, 0.25) is 0 Å². The van der Waals surface area contributed by atoms with E-state index in [-0.39, 0.29) is 6.42 Å². The molecule has 0 heterocycles. The van der Waals surface area contributed by atoms with Crippen molar-refractivity contribution in [3.8, 4) is 11.5 Å². The molecule has 7 heteroatoms. The van der Waals surface area contributed by atoms with Crippen LogP contribution < -0.4 is 15.4 Å². The molecule has 0 spiro atoms. The molecule has 0 aliphatic rings. The van der Waals surface area contributed by atoms with Crippen molar-refractivity contribution in [1.82, 2.24) is 0 Å². The number of oxime groups is 1. The molecule has 0 aliphatic carbocycles. The number of aryl methyl sites for hydroxylation is 1. The SMILES string of the molecule is CO/N=C(\COc1ccc(COc2ccc(CCC(=O)ON)cc2)cc1)c1ccccc1. The number of ether oxygens (including phenoxy) is 2. The maximum absolute atomic E-state index is 11.1. The average molecular weight is 434 g/mol. The van der Waals surface area contributed by atoms with Crippen LogP contribution >= 0.6 is 0 Å². The summed E-state index contributed by atoms with van der Waals surface area (Å²) in [4.78, 5) is 20.2. The van der Waals surface area contributed by atoms with E-state index in [0.717, 1.165) is 28.2 Å². The van der Waals surface area contributed by atoms with Crippen molar-refractivity contribution in [3.05, 3.63) is 95.6 Å². The molecule has 3 aromatic carbocycles. The molecule has 0 amide bonds. The van der Waals surface area contributed by atoms with Crippen LogP contribution in [0.5, 0.6) is 11.5 Å². The van der Waals surface area contributed by atoms with E-state index in [1.165, 1.54) is 7.11 Å². The van der Waals surface area contributed by atoms with Gasteiger partial charge in [-0.3, -0.25) is 4.79 Å². The molecule has 0 fully saturated rings. The molecule has 3 rings (SSSR count). The molecule has 0 aliphatic heterocycles. The topological polar surface area (TPSA) is 92.4 Å². The third kappa shape index (κ3) is 7.14. The predicted molar refractivity (Wildman–Crippen MR) is 121 cm³/mol. The minimum absolute atomic E-state index is 0.245. The average Bonchev–Trinajstić information content (AvgIpc) is 2.85. The lowest BCUT2D eigenvalue weighted by Crippen LogP contribution is -2.13. The number of rotatable bonds is 11. The lowest BCUT2D eigenvalue weighted by Gasteiger charge is -2.10. The van der Waals surface area contributed by atoms with Gasteiger partial charge in [-0.2, -0.15) is 5.90 Å². The fraction of sp³-hybridized carbons (Fsp3) is 0.200.